The Labute approximate surface area is 122 Å². The van der Waals surface area contributed by atoms with Crippen molar-refractivity contribution >= 4 is 0 Å². The molecule has 0 radical (unpaired) electrons. The Morgan fingerprint density at radius 3 is 2.48 bits per heavy atom. The van der Waals surface area contributed by atoms with Gasteiger partial charge >= 0.3 is 6.18 Å². The Balaban J connectivity index is 1.94. The number of nitrogens with zero attached hydrogens (tertiary/aromatic N) is 2. The predicted octanol–water partition coefficient (Wildman–Crippen LogP) is 2.92. The number of rotatable bonds is 3. The maximum Gasteiger partial charge on any atom is 0.417 e. The normalized spacial score (nSPS) is 21.2. The third-order valence-corrected chi connectivity index (χ3v) is 4.47. The first-order valence-electron chi connectivity index (χ1n) is 7.14. The van der Waals surface area contributed by atoms with Gasteiger partial charge in [0, 0.05) is 18.4 Å². The molecule has 1 aliphatic heterocycles. The second-order valence-corrected chi connectivity index (χ2v) is 5.94. The van der Waals surface area contributed by atoms with Crippen LogP contribution in [-0.2, 0) is 6.54 Å². The first kappa shape index (κ1) is 16.2. The SMILES string of the molecule is Cc1ncccc1CN1CCC([C@@](C)(O)C(F)(F)F)CC1. The summed E-state index contributed by atoms with van der Waals surface area (Å²) in [5, 5.41) is 9.74. The lowest BCUT2D eigenvalue weighted by Gasteiger charge is -2.40. The number of piperidine rings is 1. The maximum absolute atomic E-state index is 12.8. The van der Waals surface area contributed by atoms with E-state index in [2.05, 4.69) is 9.88 Å². The summed E-state index contributed by atoms with van der Waals surface area (Å²) in [7, 11) is 0. The van der Waals surface area contributed by atoms with Crippen LogP contribution in [0.4, 0.5) is 13.2 Å². The average molecular weight is 302 g/mol. The number of aliphatic hydroxyl groups is 1. The Morgan fingerprint density at radius 2 is 1.95 bits per heavy atom. The van der Waals surface area contributed by atoms with Crippen LogP contribution < -0.4 is 0 Å². The van der Waals surface area contributed by atoms with Gasteiger partial charge in [0.1, 0.15) is 0 Å². The third kappa shape index (κ3) is 3.55. The van der Waals surface area contributed by atoms with Gasteiger partial charge < -0.3 is 5.11 Å². The van der Waals surface area contributed by atoms with Gasteiger partial charge in [-0.05, 0) is 57.3 Å². The highest BCUT2D eigenvalue weighted by molar-refractivity contribution is 5.18. The van der Waals surface area contributed by atoms with E-state index in [0.717, 1.165) is 18.2 Å². The molecule has 6 heteroatoms. The Hall–Kier alpha value is -1.14. The summed E-state index contributed by atoms with van der Waals surface area (Å²) >= 11 is 0. The van der Waals surface area contributed by atoms with Crippen molar-refractivity contribution in [2.24, 2.45) is 5.92 Å². The van der Waals surface area contributed by atoms with E-state index >= 15 is 0 Å². The minimum absolute atomic E-state index is 0.353. The lowest BCUT2D eigenvalue weighted by molar-refractivity contribution is -0.275. The molecule has 0 aliphatic carbocycles. The van der Waals surface area contributed by atoms with Crippen LogP contribution in [0, 0.1) is 12.8 Å². The molecular weight excluding hydrogens is 281 g/mol. The van der Waals surface area contributed by atoms with Crippen molar-refractivity contribution in [3.05, 3.63) is 29.6 Å². The van der Waals surface area contributed by atoms with Crippen LogP contribution in [0.1, 0.15) is 31.0 Å². The summed E-state index contributed by atoms with van der Waals surface area (Å²) in [6.07, 6.45) is -2.14. The molecule has 1 aromatic rings. The van der Waals surface area contributed by atoms with E-state index < -0.39 is 17.7 Å². The first-order chi connectivity index (χ1) is 9.72. The van der Waals surface area contributed by atoms with Crippen LogP contribution in [0.3, 0.4) is 0 Å². The minimum Gasteiger partial charge on any atom is -0.380 e. The zero-order chi connectivity index (χ0) is 15.7. The molecule has 2 rings (SSSR count). The number of halogens is 3. The van der Waals surface area contributed by atoms with E-state index in [9.17, 15) is 18.3 Å². The molecule has 1 N–H and O–H groups in total. The standard InChI is InChI=1S/C15H21F3N2O/c1-11-12(4-3-7-19-11)10-20-8-5-13(6-9-20)14(2,21)15(16,17)18/h3-4,7,13,21H,5-6,8-10H2,1-2H3/t14-/m1/s1. The number of pyridine rings is 1. The molecule has 1 saturated heterocycles. The Kier molecular flexibility index (Phi) is 4.58. The molecular formula is C15H21F3N2O. The average Bonchev–Trinajstić information content (AvgIpc) is 2.41. The summed E-state index contributed by atoms with van der Waals surface area (Å²) < 4.78 is 38.5. The molecule has 0 unspecified atom stereocenters. The molecule has 2 heterocycles. The van der Waals surface area contributed by atoms with E-state index in [1.54, 1.807) is 6.20 Å². The van der Waals surface area contributed by atoms with Crippen molar-refractivity contribution in [1.29, 1.82) is 0 Å². The molecule has 0 bridgehead atoms. The number of hydrogen-bond donors (Lipinski definition) is 1. The third-order valence-electron chi connectivity index (χ3n) is 4.47. The fraction of sp³-hybridized carbons (Fsp3) is 0.667. The smallest absolute Gasteiger partial charge is 0.380 e. The second-order valence-electron chi connectivity index (χ2n) is 5.94. The summed E-state index contributed by atoms with van der Waals surface area (Å²) in [6.45, 7) is 4.63. The molecule has 0 aromatic carbocycles. The van der Waals surface area contributed by atoms with Gasteiger partial charge in [-0.15, -0.1) is 0 Å². The zero-order valence-electron chi connectivity index (χ0n) is 12.3. The topological polar surface area (TPSA) is 36.4 Å². The summed E-state index contributed by atoms with van der Waals surface area (Å²) in [5.74, 6) is -0.733. The van der Waals surface area contributed by atoms with Crippen LogP contribution in [0.25, 0.3) is 0 Å². The number of likely N-dealkylation sites (tertiary alicyclic amines) is 1. The van der Waals surface area contributed by atoms with E-state index in [1.165, 1.54) is 0 Å². The van der Waals surface area contributed by atoms with Crippen LogP contribution in [0.5, 0.6) is 0 Å². The van der Waals surface area contributed by atoms with Crippen molar-refractivity contribution in [2.45, 2.75) is 45.0 Å². The molecule has 1 aliphatic rings. The first-order valence-corrected chi connectivity index (χ1v) is 7.14. The van der Waals surface area contributed by atoms with Gasteiger partial charge in [0.2, 0.25) is 0 Å². The quantitative estimate of drug-likeness (QED) is 0.932. The second kappa shape index (κ2) is 5.93. The highest BCUT2D eigenvalue weighted by Crippen LogP contribution is 2.40. The van der Waals surface area contributed by atoms with Gasteiger partial charge in [-0.25, -0.2) is 0 Å². The number of alkyl halides is 3. The minimum atomic E-state index is -4.57. The number of aryl methyl sites for hydroxylation is 1. The molecule has 1 atom stereocenters. The van der Waals surface area contributed by atoms with Crippen LogP contribution >= 0.6 is 0 Å². The van der Waals surface area contributed by atoms with E-state index in [0.29, 0.717) is 32.5 Å². The van der Waals surface area contributed by atoms with Crippen LogP contribution in [-0.4, -0.2) is 39.9 Å². The van der Waals surface area contributed by atoms with Crippen molar-refractivity contribution in [2.75, 3.05) is 13.1 Å². The predicted molar refractivity (Wildman–Crippen MR) is 73.7 cm³/mol. The maximum atomic E-state index is 12.8. The number of aromatic nitrogens is 1. The molecule has 0 spiro atoms. The van der Waals surface area contributed by atoms with Crippen LogP contribution in [0.15, 0.2) is 18.3 Å². The molecule has 1 fully saturated rings. The van der Waals surface area contributed by atoms with Crippen molar-refractivity contribution < 1.29 is 18.3 Å². The highest BCUT2D eigenvalue weighted by Gasteiger charge is 2.54. The van der Waals surface area contributed by atoms with Gasteiger partial charge in [-0.1, -0.05) is 6.07 Å². The summed E-state index contributed by atoms with van der Waals surface area (Å²) in [4.78, 5) is 6.33. The van der Waals surface area contributed by atoms with Gasteiger partial charge in [0.25, 0.3) is 0 Å². The molecule has 0 saturated carbocycles. The van der Waals surface area contributed by atoms with E-state index in [4.69, 9.17) is 0 Å². The number of hydrogen-bond acceptors (Lipinski definition) is 3. The molecule has 0 amide bonds. The summed E-state index contributed by atoms with van der Waals surface area (Å²) in [6, 6.07) is 3.85. The highest BCUT2D eigenvalue weighted by atomic mass is 19.4. The summed E-state index contributed by atoms with van der Waals surface area (Å²) in [5.41, 5.74) is -0.552. The molecule has 118 valence electrons. The molecule has 1 aromatic heterocycles. The Bertz CT molecular complexity index is 480. The van der Waals surface area contributed by atoms with E-state index in [-0.39, 0.29) is 0 Å². The van der Waals surface area contributed by atoms with Gasteiger partial charge in [0.15, 0.2) is 5.60 Å². The van der Waals surface area contributed by atoms with Gasteiger partial charge in [-0.2, -0.15) is 13.2 Å². The monoisotopic (exact) mass is 302 g/mol. The van der Waals surface area contributed by atoms with Gasteiger partial charge in [-0.3, -0.25) is 9.88 Å². The largest absolute Gasteiger partial charge is 0.417 e. The molecule has 21 heavy (non-hydrogen) atoms. The van der Waals surface area contributed by atoms with Gasteiger partial charge in [0.05, 0.1) is 0 Å². The van der Waals surface area contributed by atoms with E-state index in [1.807, 2.05) is 19.1 Å². The van der Waals surface area contributed by atoms with Crippen LogP contribution in [0.2, 0.25) is 0 Å². The fourth-order valence-electron chi connectivity index (χ4n) is 2.81. The van der Waals surface area contributed by atoms with Crippen molar-refractivity contribution in [3.63, 3.8) is 0 Å². The lowest BCUT2D eigenvalue weighted by atomic mass is 9.81. The lowest BCUT2D eigenvalue weighted by Crippen LogP contribution is -2.52. The molecule has 3 nitrogen and oxygen atoms in total. The zero-order valence-corrected chi connectivity index (χ0v) is 12.3. The Morgan fingerprint density at radius 1 is 1.33 bits per heavy atom. The van der Waals surface area contributed by atoms with Crippen molar-refractivity contribution in [3.8, 4) is 0 Å². The fourth-order valence-corrected chi connectivity index (χ4v) is 2.81. The van der Waals surface area contributed by atoms with Crippen molar-refractivity contribution in [1.82, 2.24) is 9.88 Å².